The lowest BCUT2D eigenvalue weighted by Gasteiger charge is -2.64. The van der Waals surface area contributed by atoms with Gasteiger partial charge in [0, 0.05) is 0 Å². The Morgan fingerprint density at radius 2 is 1.83 bits per heavy atom. The van der Waals surface area contributed by atoms with Crippen LogP contribution in [0.4, 0.5) is 0 Å². The highest BCUT2D eigenvalue weighted by atomic mass is 16.3. The number of hydrogen-bond donors (Lipinski definition) is 3. The monoisotopic (exact) mass is 334 g/mol. The van der Waals surface area contributed by atoms with Crippen LogP contribution in [0.15, 0.2) is 0 Å². The molecule has 2 amide bonds. The molecule has 5 fully saturated rings. The largest absolute Gasteiger partial charge is 0.390 e. The van der Waals surface area contributed by atoms with Crippen LogP contribution in [0.1, 0.15) is 77.6 Å². The van der Waals surface area contributed by atoms with Crippen molar-refractivity contribution < 1.29 is 14.7 Å². The van der Waals surface area contributed by atoms with Crippen LogP contribution in [0, 0.1) is 16.7 Å². The van der Waals surface area contributed by atoms with Crippen LogP contribution in [0.2, 0.25) is 0 Å². The van der Waals surface area contributed by atoms with Crippen LogP contribution in [0.3, 0.4) is 0 Å². The van der Waals surface area contributed by atoms with Gasteiger partial charge in [-0.2, -0.15) is 0 Å². The summed E-state index contributed by atoms with van der Waals surface area (Å²) in [6.45, 7) is 2.18. The van der Waals surface area contributed by atoms with E-state index in [9.17, 15) is 14.7 Å². The Balaban J connectivity index is 1.63. The van der Waals surface area contributed by atoms with E-state index in [4.69, 9.17) is 5.73 Å². The molecule has 4 unspecified atom stereocenters. The third-order valence-electron chi connectivity index (χ3n) is 7.67. The van der Waals surface area contributed by atoms with Crippen molar-refractivity contribution in [2.45, 2.75) is 88.7 Å². The first-order valence-electron chi connectivity index (χ1n) is 9.60. The Morgan fingerprint density at radius 1 is 1.12 bits per heavy atom. The van der Waals surface area contributed by atoms with Crippen LogP contribution < -0.4 is 11.1 Å². The summed E-state index contributed by atoms with van der Waals surface area (Å²) in [6, 6.07) is 0. The van der Waals surface area contributed by atoms with Gasteiger partial charge in [-0.3, -0.25) is 9.59 Å². The van der Waals surface area contributed by atoms with Crippen molar-refractivity contribution >= 4 is 11.8 Å². The number of carbonyl (C=O) groups is 2. The van der Waals surface area contributed by atoms with Gasteiger partial charge in [-0.15, -0.1) is 0 Å². The molecule has 5 heteroatoms. The molecule has 24 heavy (non-hydrogen) atoms. The molecule has 5 aliphatic carbocycles. The molecule has 134 valence electrons. The lowest BCUT2D eigenvalue weighted by atomic mass is 9.42. The number of primary amides is 1. The third-order valence-corrected chi connectivity index (χ3v) is 7.67. The van der Waals surface area contributed by atoms with E-state index in [0.29, 0.717) is 25.2 Å². The minimum atomic E-state index is -0.859. The highest BCUT2D eigenvalue weighted by Crippen LogP contribution is 2.67. The third kappa shape index (κ3) is 2.23. The average Bonchev–Trinajstić information content (AvgIpc) is 2.94. The van der Waals surface area contributed by atoms with Gasteiger partial charge in [0.25, 0.3) is 0 Å². The molecule has 5 aliphatic rings. The predicted octanol–water partition coefficient (Wildman–Crippen LogP) is 2.01. The summed E-state index contributed by atoms with van der Waals surface area (Å²) in [5.74, 6) is 0.00982. The maximum atomic E-state index is 13.3. The van der Waals surface area contributed by atoms with E-state index in [1.165, 1.54) is 0 Å². The first-order chi connectivity index (χ1) is 11.2. The van der Waals surface area contributed by atoms with Crippen molar-refractivity contribution in [3.05, 3.63) is 0 Å². The first-order valence-corrected chi connectivity index (χ1v) is 9.60. The van der Waals surface area contributed by atoms with Gasteiger partial charge in [0.05, 0.1) is 11.0 Å². The standard InChI is InChI=1S/C19H30N2O3/c1-2-16-7-13-8-17(10-16,12-18(24,9-13)11-16)15(23)21-19(14(20)22)5-3-4-6-19/h13,24H,2-12H2,1H3,(H2,20,22)(H,21,23). The lowest BCUT2D eigenvalue weighted by molar-refractivity contribution is -0.205. The fourth-order valence-electron chi connectivity index (χ4n) is 6.99. The molecular formula is C19H30N2O3. The minimum Gasteiger partial charge on any atom is -0.390 e. The Labute approximate surface area is 143 Å². The molecule has 0 aliphatic heterocycles. The van der Waals surface area contributed by atoms with E-state index >= 15 is 0 Å². The van der Waals surface area contributed by atoms with E-state index in [1.807, 2.05) is 0 Å². The van der Waals surface area contributed by atoms with Crippen LogP contribution in [0.5, 0.6) is 0 Å². The van der Waals surface area contributed by atoms with Gasteiger partial charge in [0.2, 0.25) is 11.8 Å². The molecule has 4 bridgehead atoms. The summed E-state index contributed by atoms with van der Waals surface area (Å²) < 4.78 is 0. The van der Waals surface area contributed by atoms with Gasteiger partial charge in [-0.25, -0.2) is 0 Å². The predicted molar refractivity (Wildman–Crippen MR) is 89.8 cm³/mol. The molecule has 0 aromatic carbocycles. The number of amides is 2. The molecule has 5 rings (SSSR count). The molecule has 0 radical (unpaired) electrons. The number of carbonyl (C=O) groups excluding carboxylic acids is 2. The maximum Gasteiger partial charge on any atom is 0.243 e. The topological polar surface area (TPSA) is 92.4 Å². The van der Waals surface area contributed by atoms with Gasteiger partial charge in [0.1, 0.15) is 5.54 Å². The molecule has 4 N–H and O–H groups in total. The zero-order valence-corrected chi connectivity index (χ0v) is 14.7. The van der Waals surface area contributed by atoms with Gasteiger partial charge in [0.15, 0.2) is 0 Å². The van der Waals surface area contributed by atoms with Gasteiger partial charge in [-0.1, -0.05) is 26.2 Å². The van der Waals surface area contributed by atoms with Crippen LogP contribution in [-0.4, -0.2) is 28.1 Å². The second-order valence-electron chi connectivity index (χ2n) is 9.47. The summed E-state index contributed by atoms with van der Waals surface area (Å²) in [4.78, 5) is 25.4. The Kier molecular flexibility index (Phi) is 3.39. The maximum absolute atomic E-state index is 13.3. The summed E-state index contributed by atoms with van der Waals surface area (Å²) in [5.41, 5.74) is 3.69. The summed E-state index contributed by atoms with van der Waals surface area (Å²) in [6.07, 6.45) is 9.26. The molecule has 0 heterocycles. The number of nitrogens with two attached hydrogens (primary N) is 1. The number of nitrogens with one attached hydrogen (secondary N) is 1. The van der Waals surface area contributed by atoms with Crippen molar-refractivity contribution in [3.63, 3.8) is 0 Å². The van der Waals surface area contributed by atoms with Gasteiger partial charge >= 0.3 is 0 Å². The fraction of sp³-hybridized carbons (Fsp3) is 0.895. The van der Waals surface area contributed by atoms with E-state index in [1.54, 1.807) is 0 Å². The summed E-state index contributed by atoms with van der Waals surface area (Å²) in [7, 11) is 0. The van der Waals surface area contributed by atoms with Crippen molar-refractivity contribution in [2.75, 3.05) is 0 Å². The normalized spacial score (nSPS) is 45.3. The zero-order chi connectivity index (χ0) is 17.2. The minimum absolute atomic E-state index is 0.0245. The Bertz CT molecular complexity index is 585. The van der Waals surface area contributed by atoms with E-state index in [0.717, 1.165) is 51.4 Å². The van der Waals surface area contributed by atoms with Crippen LogP contribution in [-0.2, 0) is 9.59 Å². The molecule has 0 aromatic rings. The van der Waals surface area contributed by atoms with Crippen molar-refractivity contribution in [1.29, 1.82) is 0 Å². The number of aliphatic hydroxyl groups is 1. The molecule has 5 nitrogen and oxygen atoms in total. The molecule has 0 saturated heterocycles. The van der Waals surface area contributed by atoms with E-state index in [-0.39, 0.29) is 11.3 Å². The van der Waals surface area contributed by atoms with Crippen LogP contribution >= 0.6 is 0 Å². The Hall–Kier alpha value is -1.10. The molecular weight excluding hydrogens is 304 g/mol. The summed E-state index contributed by atoms with van der Waals surface area (Å²) in [5, 5.41) is 14.2. The second-order valence-corrected chi connectivity index (χ2v) is 9.47. The molecule has 4 atom stereocenters. The van der Waals surface area contributed by atoms with Crippen molar-refractivity contribution in [1.82, 2.24) is 5.32 Å². The molecule has 0 aromatic heterocycles. The van der Waals surface area contributed by atoms with Crippen LogP contribution in [0.25, 0.3) is 0 Å². The smallest absolute Gasteiger partial charge is 0.243 e. The highest BCUT2D eigenvalue weighted by Gasteiger charge is 2.65. The van der Waals surface area contributed by atoms with Crippen molar-refractivity contribution in [2.24, 2.45) is 22.5 Å². The van der Waals surface area contributed by atoms with Gasteiger partial charge < -0.3 is 16.2 Å². The van der Waals surface area contributed by atoms with Gasteiger partial charge in [-0.05, 0) is 62.7 Å². The summed E-state index contributed by atoms with van der Waals surface area (Å²) >= 11 is 0. The SMILES string of the molecule is CCC12CC3CC(O)(C1)CC(C(=O)NC1(C(N)=O)CCCC1)(C3)C2. The highest BCUT2D eigenvalue weighted by molar-refractivity contribution is 5.93. The molecule has 0 spiro atoms. The first kappa shape index (κ1) is 16.4. The lowest BCUT2D eigenvalue weighted by Crippen LogP contribution is -2.66. The Morgan fingerprint density at radius 3 is 2.42 bits per heavy atom. The fourth-order valence-corrected chi connectivity index (χ4v) is 6.99. The second kappa shape index (κ2) is 4.96. The quantitative estimate of drug-likeness (QED) is 0.734. The van der Waals surface area contributed by atoms with E-state index in [2.05, 4.69) is 12.2 Å². The zero-order valence-electron chi connectivity index (χ0n) is 14.7. The number of hydrogen-bond acceptors (Lipinski definition) is 3. The van der Waals surface area contributed by atoms with Crippen molar-refractivity contribution in [3.8, 4) is 0 Å². The number of rotatable bonds is 4. The molecule has 5 saturated carbocycles. The average molecular weight is 334 g/mol. The van der Waals surface area contributed by atoms with E-state index < -0.39 is 22.5 Å².